The molecule has 160 valence electrons. The lowest BCUT2D eigenvalue weighted by atomic mass is 10.1. The minimum absolute atomic E-state index is 0.0787. The maximum absolute atomic E-state index is 2.37. The van der Waals surface area contributed by atoms with Gasteiger partial charge in [-0.05, 0) is 60.5 Å². The molecule has 2 heteroatoms. The SMILES string of the molecule is c1ccc([C@H](C[C@@H]2CCC[P@]2c2ccccc2)P(c2ccccc2)c2ccccc2)cc1. The average Bonchev–Trinajstić information content (AvgIpc) is 3.34. The van der Waals surface area contributed by atoms with Crippen molar-refractivity contribution in [2.45, 2.75) is 30.6 Å². The highest BCUT2D eigenvalue weighted by atomic mass is 31.1. The Morgan fingerprint density at radius 1 is 0.656 bits per heavy atom. The van der Waals surface area contributed by atoms with E-state index < -0.39 is 7.92 Å². The molecule has 0 amide bonds. The van der Waals surface area contributed by atoms with Crippen LogP contribution in [0.1, 0.15) is 30.5 Å². The Morgan fingerprint density at radius 3 is 1.72 bits per heavy atom. The molecule has 0 N–H and O–H groups in total. The molecule has 1 heterocycles. The van der Waals surface area contributed by atoms with Crippen LogP contribution in [0.4, 0.5) is 0 Å². The first kappa shape index (κ1) is 21.6. The van der Waals surface area contributed by atoms with Crippen LogP contribution in [-0.2, 0) is 0 Å². The summed E-state index contributed by atoms with van der Waals surface area (Å²) in [5.41, 5.74) is 2.84. The number of hydrogen-bond acceptors (Lipinski definition) is 0. The van der Waals surface area contributed by atoms with Crippen LogP contribution in [0.25, 0.3) is 0 Å². The maximum Gasteiger partial charge on any atom is 0.0128 e. The van der Waals surface area contributed by atoms with Crippen LogP contribution in [0.15, 0.2) is 121 Å². The largest absolute Gasteiger partial charge is 0.0721 e. The highest BCUT2D eigenvalue weighted by Gasteiger charge is 2.34. The molecule has 1 aliphatic rings. The molecule has 1 fully saturated rings. The van der Waals surface area contributed by atoms with Gasteiger partial charge in [-0.15, -0.1) is 0 Å². The molecule has 0 saturated carbocycles. The molecule has 0 nitrogen and oxygen atoms in total. The maximum atomic E-state index is 2.37. The summed E-state index contributed by atoms with van der Waals surface area (Å²) in [7, 11) is -0.563. The van der Waals surface area contributed by atoms with E-state index in [1.54, 1.807) is 5.30 Å². The van der Waals surface area contributed by atoms with Gasteiger partial charge in [0.1, 0.15) is 0 Å². The molecule has 1 saturated heterocycles. The van der Waals surface area contributed by atoms with Crippen LogP contribution in [0.5, 0.6) is 0 Å². The first-order valence-corrected chi connectivity index (χ1v) is 14.7. The van der Waals surface area contributed by atoms with Crippen LogP contribution in [-0.4, -0.2) is 11.8 Å². The topological polar surface area (TPSA) is 0 Å². The molecule has 0 aromatic heterocycles. The molecular formula is C30H30P2. The van der Waals surface area contributed by atoms with E-state index in [0.717, 1.165) is 5.66 Å². The summed E-state index contributed by atoms with van der Waals surface area (Å²) < 4.78 is 0. The van der Waals surface area contributed by atoms with E-state index >= 15 is 0 Å². The zero-order chi connectivity index (χ0) is 21.6. The van der Waals surface area contributed by atoms with Crippen LogP contribution in [0, 0.1) is 0 Å². The smallest absolute Gasteiger partial charge is 0.0128 e. The first-order valence-electron chi connectivity index (χ1n) is 11.7. The van der Waals surface area contributed by atoms with Crippen molar-refractivity contribution in [3.8, 4) is 0 Å². The second-order valence-electron chi connectivity index (χ2n) is 8.53. The Morgan fingerprint density at radius 2 is 1.16 bits per heavy atom. The van der Waals surface area contributed by atoms with E-state index in [0.29, 0.717) is 5.66 Å². The molecule has 0 radical (unpaired) electrons. The third kappa shape index (κ3) is 4.88. The van der Waals surface area contributed by atoms with Gasteiger partial charge < -0.3 is 0 Å². The molecule has 0 spiro atoms. The highest BCUT2D eigenvalue weighted by Crippen LogP contribution is 2.58. The predicted octanol–water partition coefficient (Wildman–Crippen LogP) is 7.22. The quantitative estimate of drug-likeness (QED) is 0.260. The Kier molecular flexibility index (Phi) is 7.13. The van der Waals surface area contributed by atoms with Crippen molar-refractivity contribution in [2.24, 2.45) is 0 Å². The van der Waals surface area contributed by atoms with E-state index in [1.807, 2.05) is 0 Å². The van der Waals surface area contributed by atoms with Gasteiger partial charge in [-0.2, -0.15) is 0 Å². The lowest BCUT2D eigenvalue weighted by Gasteiger charge is -2.33. The summed E-state index contributed by atoms with van der Waals surface area (Å²) in [5, 5.41) is 4.58. The number of rotatable bonds is 7. The third-order valence-corrected chi connectivity index (χ3v) is 12.5. The predicted molar refractivity (Wildman–Crippen MR) is 144 cm³/mol. The number of benzene rings is 4. The van der Waals surface area contributed by atoms with Gasteiger partial charge in [-0.25, -0.2) is 0 Å². The van der Waals surface area contributed by atoms with Crippen LogP contribution >= 0.6 is 15.8 Å². The summed E-state index contributed by atoms with van der Waals surface area (Å²) in [6.07, 6.45) is 5.41. The van der Waals surface area contributed by atoms with E-state index in [2.05, 4.69) is 121 Å². The van der Waals surface area contributed by atoms with E-state index in [1.165, 1.54) is 41.6 Å². The molecule has 5 rings (SSSR count). The fraction of sp³-hybridized carbons (Fsp3) is 0.200. The summed E-state index contributed by atoms with van der Waals surface area (Å²) in [4.78, 5) is 0. The molecule has 1 aliphatic heterocycles. The second-order valence-corrected chi connectivity index (χ2v) is 13.6. The van der Waals surface area contributed by atoms with Crippen molar-refractivity contribution in [3.05, 3.63) is 127 Å². The Balaban J connectivity index is 1.56. The molecular weight excluding hydrogens is 422 g/mol. The normalized spacial score (nSPS) is 19.2. The van der Waals surface area contributed by atoms with Crippen molar-refractivity contribution < 1.29 is 0 Å². The van der Waals surface area contributed by atoms with E-state index in [9.17, 15) is 0 Å². The molecule has 0 unspecified atom stereocenters. The van der Waals surface area contributed by atoms with Crippen molar-refractivity contribution in [1.82, 2.24) is 0 Å². The highest BCUT2D eigenvalue weighted by molar-refractivity contribution is 7.73. The summed E-state index contributed by atoms with van der Waals surface area (Å²) in [5.74, 6) is 0. The summed E-state index contributed by atoms with van der Waals surface area (Å²) >= 11 is 0. The van der Waals surface area contributed by atoms with Crippen LogP contribution in [0.3, 0.4) is 0 Å². The van der Waals surface area contributed by atoms with Crippen LogP contribution < -0.4 is 15.9 Å². The average molecular weight is 453 g/mol. The molecule has 0 aliphatic carbocycles. The van der Waals surface area contributed by atoms with Crippen molar-refractivity contribution >= 4 is 31.8 Å². The van der Waals surface area contributed by atoms with Crippen molar-refractivity contribution in [3.63, 3.8) is 0 Å². The van der Waals surface area contributed by atoms with Gasteiger partial charge in [-0.3, -0.25) is 0 Å². The zero-order valence-electron chi connectivity index (χ0n) is 18.4. The first-order chi connectivity index (χ1) is 15.9. The Bertz CT molecular complexity index is 1040. The van der Waals surface area contributed by atoms with Gasteiger partial charge in [0.2, 0.25) is 0 Å². The molecule has 3 atom stereocenters. The van der Waals surface area contributed by atoms with Crippen molar-refractivity contribution in [1.29, 1.82) is 0 Å². The summed E-state index contributed by atoms with van der Waals surface area (Å²) in [6, 6.07) is 45.2. The number of hydrogen-bond donors (Lipinski definition) is 0. The Hall–Kier alpha value is -2.26. The minimum atomic E-state index is -0.484. The van der Waals surface area contributed by atoms with E-state index in [-0.39, 0.29) is 7.92 Å². The van der Waals surface area contributed by atoms with Gasteiger partial charge in [0.15, 0.2) is 0 Å². The van der Waals surface area contributed by atoms with Gasteiger partial charge in [0.25, 0.3) is 0 Å². The van der Waals surface area contributed by atoms with Crippen molar-refractivity contribution in [2.75, 3.05) is 6.16 Å². The minimum Gasteiger partial charge on any atom is -0.0721 e. The fourth-order valence-corrected chi connectivity index (χ4v) is 11.2. The monoisotopic (exact) mass is 452 g/mol. The van der Waals surface area contributed by atoms with Gasteiger partial charge in [-0.1, -0.05) is 129 Å². The molecule has 4 aromatic rings. The van der Waals surface area contributed by atoms with Crippen LogP contribution in [0.2, 0.25) is 0 Å². The summed E-state index contributed by atoms with van der Waals surface area (Å²) in [6.45, 7) is 0. The second kappa shape index (κ2) is 10.6. The fourth-order valence-electron chi connectivity index (χ4n) is 5.05. The molecule has 32 heavy (non-hydrogen) atoms. The lowest BCUT2D eigenvalue weighted by molar-refractivity contribution is 0.700. The molecule has 4 aromatic carbocycles. The van der Waals surface area contributed by atoms with Gasteiger partial charge in [0, 0.05) is 5.66 Å². The molecule has 0 bridgehead atoms. The Labute approximate surface area is 195 Å². The third-order valence-electron chi connectivity index (χ3n) is 6.53. The lowest BCUT2D eigenvalue weighted by Crippen LogP contribution is -2.21. The zero-order valence-corrected chi connectivity index (χ0v) is 20.2. The van der Waals surface area contributed by atoms with E-state index in [4.69, 9.17) is 0 Å². The van der Waals surface area contributed by atoms with Gasteiger partial charge in [0.05, 0.1) is 0 Å². The van der Waals surface area contributed by atoms with Gasteiger partial charge >= 0.3 is 0 Å². The standard InChI is InChI=1S/C30H30P2/c1-5-14-25(15-6-1)30(24-29-22-13-23-31(29)26-16-7-2-8-17-26)32(27-18-9-3-10-19-27)28-20-11-4-12-21-28/h1-12,14-21,29-30H,13,22-24H2/t29-,30-,31+/m0/s1.